The van der Waals surface area contributed by atoms with Gasteiger partial charge in [-0.3, -0.25) is 19.4 Å². The minimum absolute atomic E-state index is 0.0282. The number of aryl methyl sites for hydroxylation is 2. The fourth-order valence-electron chi connectivity index (χ4n) is 9.38. The normalized spacial score (nSPS) is 13.8. The number of aromatic nitrogens is 6. The smallest absolute Gasteiger partial charge is 0.257 e. The van der Waals surface area contributed by atoms with Gasteiger partial charge in [0, 0.05) is 99.2 Å². The van der Waals surface area contributed by atoms with Crippen LogP contribution >= 0.6 is 11.6 Å². The van der Waals surface area contributed by atoms with Gasteiger partial charge in [-0.15, -0.1) is 0 Å². The zero-order valence-electron chi connectivity index (χ0n) is 43.4. The molecule has 0 bridgehead atoms. The van der Waals surface area contributed by atoms with Crippen molar-refractivity contribution in [2.24, 2.45) is 0 Å². The first kappa shape index (κ1) is 52.6. The van der Waals surface area contributed by atoms with E-state index in [1.807, 2.05) is 78.2 Å². The average molecular weight is 1030 g/mol. The SMILES string of the molecule is CCCCN1CCN(C(=O)c2ccc(-c3ncnc(CC)c3C#Cc3ccc(Nc4cccc(CN5CCN(C(=O)c6ccc(-c7ncnc(CC)c7C#Cc7ccc(N)nc7)cc6Cl)CC5)c4)nc3)cc2OC)CC1. The maximum absolute atomic E-state index is 13.8. The number of nitrogens with one attached hydrogen (secondary N) is 1. The summed E-state index contributed by atoms with van der Waals surface area (Å²) in [5.74, 6) is 14.5. The quantitative estimate of drug-likeness (QED) is 0.0992. The van der Waals surface area contributed by atoms with Crippen molar-refractivity contribution < 1.29 is 14.3 Å². The number of nitrogen functional groups attached to an aromatic ring is 1. The van der Waals surface area contributed by atoms with E-state index < -0.39 is 0 Å². The third-order valence-electron chi connectivity index (χ3n) is 13.7. The average Bonchev–Trinajstić information content (AvgIpc) is 3.46. The second kappa shape index (κ2) is 24.9. The van der Waals surface area contributed by atoms with E-state index in [4.69, 9.17) is 27.1 Å². The molecule has 0 unspecified atom stereocenters. The molecule has 2 amide bonds. The molecular formula is C60H61ClN12O3. The predicted octanol–water partition coefficient (Wildman–Crippen LogP) is 8.82. The molecular weight excluding hydrogens is 972 g/mol. The number of amides is 2. The number of ether oxygens (including phenoxy) is 1. The van der Waals surface area contributed by atoms with Crippen molar-refractivity contribution in [1.29, 1.82) is 0 Å². The number of benzene rings is 3. The second-order valence-electron chi connectivity index (χ2n) is 18.7. The first-order chi connectivity index (χ1) is 37.1. The molecule has 2 saturated heterocycles. The zero-order valence-corrected chi connectivity index (χ0v) is 44.2. The van der Waals surface area contributed by atoms with Gasteiger partial charge in [-0.05, 0) is 92.0 Å². The Morgan fingerprint density at radius 2 is 1.24 bits per heavy atom. The van der Waals surface area contributed by atoms with Crippen LogP contribution < -0.4 is 15.8 Å². The Morgan fingerprint density at radius 3 is 1.80 bits per heavy atom. The third-order valence-corrected chi connectivity index (χ3v) is 14.0. The Labute approximate surface area is 450 Å². The van der Waals surface area contributed by atoms with Crippen LogP contribution in [0.4, 0.5) is 17.3 Å². The summed E-state index contributed by atoms with van der Waals surface area (Å²) in [6, 6.07) is 26.7. The number of halogens is 1. The number of pyridine rings is 2. The van der Waals surface area contributed by atoms with Gasteiger partial charge in [0.1, 0.15) is 30.0 Å². The highest BCUT2D eigenvalue weighted by molar-refractivity contribution is 6.34. The summed E-state index contributed by atoms with van der Waals surface area (Å²) >= 11 is 6.85. The summed E-state index contributed by atoms with van der Waals surface area (Å²) in [4.78, 5) is 63.2. The molecule has 2 aliphatic rings. The lowest BCUT2D eigenvalue weighted by Crippen LogP contribution is -2.48. The molecule has 16 heteroatoms. The molecule has 76 heavy (non-hydrogen) atoms. The number of nitrogens with two attached hydrogens (primary N) is 1. The largest absolute Gasteiger partial charge is 0.496 e. The fraction of sp³-hybridized carbons (Fsp3) is 0.300. The number of anilines is 3. The number of carbonyl (C=O) groups excluding carboxylic acids is 2. The summed E-state index contributed by atoms with van der Waals surface area (Å²) in [6.45, 7) is 13.8. The molecule has 0 saturated carbocycles. The second-order valence-corrected chi connectivity index (χ2v) is 19.1. The van der Waals surface area contributed by atoms with Gasteiger partial charge < -0.3 is 25.6 Å². The van der Waals surface area contributed by atoms with Crippen LogP contribution in [0.5, 0.6) is 5.75 Å². The van der Waals surface area contributed by atoms with Gasteiger partial charge in [0.25, 0.3) is 11.8 Å². The maximum atomic E-state index is 13.8. The molecule has 0 spiro atoms. The molecule has 386 valence electrons. The number of nitrogens with zero attached hydrogens (tertiary/aromatic N) is 10. The molecule has 4 aromatic heterocycles. The molecule has 7 aromatic rings. The van der Waals surface area contributed by atoms with Gasteiger partial charge >= 0.3 is 0 Å². The van der Waals surface area contributed by atoms with Crippen LogP contribution in [-0.2, 0) is 19.4 Å². The number of rotatable bonds is 14. The topological polar surface area (TPSA) is 172 Å². The van der Waals surface area contributed by atoms with E-state index in [1.54, 1.807) is 44.0 Å². The summed E-state index contributed by atoms with van der Waals surface area (Å²) in [7, 11) is 1.59. The number of hydrogen-bond acceptors (Lipinski definition) is 13. The van der Waals surface area contributed by atoms with Crippen LogP contribution in [0.2, 0.25) is 5.02 Å². The van der Waals surface area contributed by atoms with E-state index in [-0.39, 0.29) is 11.8 Å². The van der Waals surface area contributed by atoms with Gasteiger partial charge in [0.05, 0.1) is 57.2 Å². The van der Waals surface area contributed by atoms with Crippen LogP contribution in [-0.4, -0.2) is 127 Å². The highest BCUT2D eigenvalue weighted by Gasteiger charge is 2.27. The molecule has 0 aliphatic carbocycles. The van der Waals surface area contributed by atoms with Crippen LogP contribution in [0.3, 0.4) is 0 Å². The first-order valence-corrected chi connectivity index (χ1v) is 26.3. The summed E-state index contributed by atoms with van der Waals surface area (Å²) < 4.78 is 5.80. The van der Waals surface area contributed by atoms with Crippen LogP contribution in [0, 0.1) is 23.7 Å². The first-order valence-electron chi connectivity index (χ1n) is 25.9. The Balaban J connectivity index is 0.801. The minimum atomic E-state index is -0.108. The van der Waals surface area contributed by atoms with E-state index in [2.05, 4.69) is 82.8 Å². The molecule has 0 atom stereocenters. The summed E-state index contributed by atoms with van der Waals surface area (Å²) in [5.41, 5.74) is 16.1. The van der Waals surface area contributed by atoms with E-state index >= 15 is 0 Å². The van der Waals surface area contributed by atoms with Crippen molar-refractivity contribution in [3.8, 4) is 51.9 Å². The third kappa shape index (κ3) is 12.6. The van der Waals surface area contributed by atoms with Crippen molar-refractivity contribution in [3.63, 3.8) is 0 Å². The number of unbranched alkanes of at least 4 members (excludes halogenated alkanes) is 1. The Morgan fingerprint density at radius 1 is 0.645 bits per heavy atom. The minimum Gasteiger partial charge on any atom is -0.496 e. The van der Waals surface area contributed by atoms with Crippen molar-refractivity contribution >= 4 is 40.7 Å². The van der Waals surface area contributed by atoms with Crippen LogP contribution in [0.25, 0.3) is 22.5 Å². The molecule has 6 heterocycles. The molecule has 3 aromatic carbocycles. The van der Waals surface area contributed by atoms with Crippen molar-refractivity contribution in [3.05, 3.63) is 165 Å². The van der Waals surface area contributed by atoms with Crippen molar-refractivity contribution in [1.82, 2.24) is 49.5 Å². The maximum Gasteiger partial charge on any atom is 0.257 e. The number of hydrogen-bond donors (Lipinski definition) is 2. The van der Waals surface area contributed by atoms with E-state index in [1.165, 1.54) is 12.7 Å². The number of carbonyl (C=O) groups is 2. The van der Waals surface area contributed by atoms with E-state index in [9.17, 15) is 9.59 Å². The van der Waals surface area contributed by atoms with Gasteiger partial charge in [0.15, 0.2) is 0 Å². The Bertz CT molecular complexity index is 3330. The summed E-state index contributed by atoms with van der Waals surface area (Å²) in [5, 5.41) is 3.79. The highest BCUT2D eigenvalue weighted by atomic mass is 35.5. The van der Waals surface area contributed by atoms with Gasteiger partial charge in [-0.25, -0.2) is 29.9 Å². The fourth-order valence-corrected chi connectivity index (χ4v) is 9.64. The van der Waals surface area contributed by atoms with Crippen molar-refractivity contribution in [2.45, 2.75) is 53.0 Å². The predicted molar refractivity (Wildman–Crippen MR) is 298 cm³/mol. The highest BCUT2D eigenvalue weighted by Crippen LogP contribution is 2.32. The van der Waals surface area contributed by atoms with E-state index in [0.717, 1.165) is 77.5 Å². The Kier molecular flexibility index (Phi) is 17.2. The van der Waals surface area contributed by atoms with Gasteiger partial charge in [-0.1, -0.05) is 86.7 Å². The molecule has 0 radical (unpaired) electrons. The number of piperazine rings is 2. The molecule has 3 N–H and O–H groups in total. The van der Waals surface area contributed by atoms with E-state index in [0.29, 0.717) is 108 Å². The van der Waals surface area contributed by atoms with Gasteiger partial charge in [-0.2, -0.15) is 0 Å². The Hall–Kier alpha value is -8.21. The summed E-state index contributed by atoms with van der Waals surface area (Å²) in [6.07, 6.45) is 10.1. The lowest BCUT2D eigenvalue weighted by atomic mass is 10.0. The molecule has 2 fully saturated rings. The zero-order chi connectivity index (χ0) is 53.0. The van der Waals surface area contributed by atoms with Crippen LogP contribution in [0.1, 0.15) is 93.5 Å². The lowest BCUT2D eigenvalue weighted by molar-refractivity contribution is 0.0623. The van der Waals surface area contributed by atoms with Crippen LogP contribution in [0.15, 0.2) is 110 Å². The standard InChI is InChI=1S/C60H61ClN12O3/c1-5-8-24-70-25-29-73(30-26-70)60(75)50-21-17-45(35-54(50)76-4)58-49(53(7-3)66-40-68-58)19-13-42-15-23-56(64-37-42)69-46-11-9-10-43(33-46)38-71-27-31-72(32-28-71)59(74)47-20-16-44(34-51(47)61)57-48(52(6-2)65-39-67-57)18-12-41-14-22-55(62)63-36-41/h9-11,14-17,20-23,33-37,39-40H,5-8,24-32,38H2,1-4H3,(H2,62,63)(H,64,69). The number of methoxy groups -OCH3 is 1. The molecule has 2 aliphatic heterocycles. The monoisotopic (exact) mass is 1030 g/mol. The molecule has 15 nitrogen and oxygen atoms in total. The van der Waals surface area contributed by atoms with Gasteiger partial charge in [0.2, 0.25) is 0 Å². The molecule has 9 rings (SSSR count). The lowest BCUT2D eigenvalue weighted by Gasteiger charge is -2.35. The van der Waals surface area contributed by atoms with Crippen molar-refractivity contribution in [2.75, 3.05) is 77.1 Å².